The summed E-state index contributed by atoms with van der Waals surface area (Å²) in [6.07, 6.45) is 3.85. The van der Waals surface area contributed by atoms with E-state index in [1.165, 1.54) is 32.4 Å². The van der Waals surface area contributed by atoms with Crippen molar-refractivity contribution in [3.63, 3.8) is 0 Å². The van der Waals surface area contributed by atoms with Gasteiger partial charge in [-0.3, -0.25) is 9.88 Å². The third kappa shape index (κ3) is 5.29. The highest BCUT2D eigenvalue weighted by Crippen LogP contribution is 2.20. The number of aromatic nitrogens is 1. The van der Waals surface area contributed by atoms with E-state index in [2.05, 4.69) is 28.2 Å². The first kappa shape index (κ1) is 16.2. The third-order valence-electron chi connectivity index (χ3n) is 4.06. The number of ether oxygens (including phenoxy) is 1. The van der Waals surface area contributed by atoms with Gasteiger partial charge in [0.25, 0.3) is 0 Å². The molecule has 4 nitrogen and oxygen atoms in total. The molecule has 0 radical (unpaired) electrons. The first-order valence-electron chi connectivity index (χ1n) is 8.16. The predicted molar refractivity (Wildman–Crippen MR) is 86.7 cm³/mol. The number of nitrogens with zero attached hydrogens (tertiary/aromatic N) is 2. The van der Waals surface area contributed by atoms with Crippen LogP contribution < -0.4 is 10.1 Å². The van der Waals surface area contributed by atoms with Crippen molar-refractivity contribution >= 4 is 0 Å². The first-order valence-corrected chi connectivity index (χ1v) is 8.16. The maximum atomic E-state index is 5.34. The lowest BCUT2D eigenvalue weighted by Crippen LogP contribution is -2.39. The Labute approximate surface area is 128 Å². The van der Waals surface area contributed by atoms with Crippen LogP contribution in [-0.4, -0.2) is 43.2 Å². The van der Waals surface area contributed by atoms with E-state index in [9.17, 15) is 0 Å². The minimum atomic E-state index is 0.775. The molecule has 1 saturated heterocycles. The van der Waals surface area contributed by atoms with Gasteiger partial charge in [0, 0.05) is 30.9 Å². The molecule has 0 amide bonds. The van der Waals surface area contributed by atoms with E-state index in [0.29, 0.717) is 0 Å². The second-order valence-electron chi connectivity index (χ2n) is 6.09. The van der Waals surface area contributed by atoms with Crippen LogP contribution in [0.4, 0.5) is 0 Å². The van der Waals surface area contributed by atoms with Crippen LogP contribution in [0.3, 0.4) is 0 Å². The van der Waals surface area contributed by atoms with E-state index < -0.39 is 0 Å². The molecule has 0 bridgehead atoms. The number of nitrogens with one attached hydrogen (secondary N) is 1. The van der Waals surface area contributed by atoms with Gasteiger partial charge in [0.1, 0.15) is 5.75 Å². The number of aryl methyl sites for hydroxylation is 1. The fourth-order valence-corrected chi connectivity index (χ4v) is 3.08. The lowest BCUT2D eigenvalue weighted by Gasteiger charge is -2.32. The molecule has 1 unspecified atom stereocenters. The molecule has 1 aliphatic heterocycles. The zero-order chi connectivity index (χ0) is 15.1. The highest BCUT2D eigenvalue weighted by Gasteiger charge is 2.20. The van der Waals surface area contributed by atoms with Crippen molar-refractivity contribution < 1.29 is 4.74 Å². The maximum absolute atomic E-state index is 5.34. The maximum Gasteiger partial charge on any atom is 0.122 e. The number of hydrogen-bond acceptors (Lipinski definition) is 4. The number of methoxy groups -OCH3 is 1. The third-order valence-corrected chi connectivity index (χ3v) is 4.06. The smallest absolute Gasteiger partial charge is 0.122 e. The Balaban J connectivity index is 1.88. The number of rotatable bonds is 7. The average molecular weight is 291 g/mol. The van der Waals surface area contributed by atoms with Crippen molar-refractivity contribution in [1.29, 1.82) is 0 Å². The molecule has 2 rings (SSSR count). The highest BCUT2D eigenvalue weighted by molar-refractivity contribution is 5.26. The number of pyridine rings is 1. The van der Waals surface area contributed by atoms with E-state index in [4.69, 9.17) is 4.74 Å². The number of hydrogen-bond donors (Lipinski definition) is 1. The topological polar surface area (TPSA) is 37.4 Å². The van der Waals surface area contributed by atoms with Crippen LogP contribution >= 0.6 is 0 Å². The van der Waals surface area contributed by atoms with Crippen LogP contribution in [0.5, 0.6) is 5.75 Å². The van der Waals surface area contributed by atoms with Crippen LogP contribution in [0.1, 0.15) is 37.6 Å². The Kier molecular flexibility index (Phi) is 6.46. The van der Waals surface area contributed by atoms with Crippen LogP contribution in [0.15, 0.2) is 12.1 Å². The molecular formula is C17H29N3O. The van der Waals surface area contributed by atoms with Crippen LogP contribution in [0.2, 0.25) is 0 Å². The minimum Gasteiger partial charge on any atom is -0.497 e. The van der Waals surface area contributed by atoms with E-state index in [1.807, 2.05) is 13.0 Å². The van der Waals surface area contributed by atoms with Crippen LogP contribution in [0, 0.1) is 12.8 Å². The summed E-state index contributed by atoms with van der Waals surface area (Å²) in [5.41, 5.74) is 2.15. The molecule has 1 aromatic rings. The molecule has 0 spiro atoms. The quantitative estimate of drug-likeness (QED) is 0.784. The summed E-state index contributed by atoms with van der Waals surface area (Å²) < 4.78 is 5.34. The summed E-state index contributed by atoms with van der Waals surface area (Å²) in [5, 5.41) is 3.55. The lowest BCUT2D eigenvalue weighted by molar-refractivity contribution is 0.163. The van der Waals surface area contributed by atoms with Gasteiger partial charge in [0.15, 0.2) is 0 Å². The molecule has 1 N–H and O–H groups in total. The summed E-state index contributed by atoms with van der Waals surface area (Å²) in [6.45, 7) is 9.82. The fraction of sp³-hybridized carbons (Fsp3) is 0.706. The molecule has 21 heavy (non-hydrogen) atoms. The van der Waals surface area contributed by atoms with Crippen LogP contribution in [0.25, 0.3) is 0 Å². The summed E-state index contributed by atoms with van der Waals surface area (Å²) in [7, 11) is 1.72. The Morgan fingerprint density at radius 3 is 3.05 bits per heavy atom. The Hall–Kier alpha value is -1.13. The molecule has 1 atom stereocenters. The largest absolute Gasteiger partial charge is 0.497 e. The normalized spacial score (nSPS) is 19.7. The molecule has 0 aliphatic carbocycles. The molecule has 118 valence electrons. The van der Waals surface area contributed by atoms with Gasteiger partial charge in [0.05, 0.1) is 12.8 Å². The molecule has 0 saturated carbocycles. The standard InChI is InChI=1S/C17H29N3O/c1-4-7-18-11-15-6-5-8-20(12-15)13-16-10-17(21-3)9-14(2)19-16/h9-10,15,18H,4-8,11-13H2,1-3H3. The van der Waals surface area contributed by atoms with Gasteiger partial charge in [-0.15, -0.1) is 0 Å². The van der Waals surface area contributed by atoms with Crippen molar-refractivity contribution in [1.82, 2.24) is 15.2 Å². The average Bonchev–Trinajstić information content (AvgIpc) is 2.47. The van der Waals surface area contributed by atoms with Crippen molar-refractivity contribution in [2.45, 2.75) is 39.7 Å². The van der Waals surface area contributed by atoms with Crippen molar-refractivity contribution in [2.24, 2.45) is 5.92 Å². The second-order valence-corrected chi connectivity index (χ2v) is 6.09. The summed E-state index contributed by atoms with van der Waals surface area (Å²) in [5.74, 6) is 1.69. The molecule has 1 fully saturated rings. The van der Waals surface area contributed by atoms with E-state index >= 15 is 0 Å². The zero-order valence-electron chi connectivity index (χ0n) is 13.7. The van der Waals surface area contributed by atoms with E-state index in [1.54, 1.807) is 7.11 Å². The van der Waals surface area contributed by atoms with Gasteiger partial charge in [-0.25, -0.2) is 0 Å². The van der Waals surface area contributed by atoms with E-state index in [-0.39, 0.29) is 0 Å². The van der Waals surface area contributed by atoms with E-state index in [0.717, 1.165) is 42.7 Å². The molecule has 2 heterocycles. The Morgan fingerprint density at radius 2 is 2.29 bits per heavy atom. The molecule has 0 aromatic carbocycles. The summed E-state index contributed by atoms with van der Waals surface area (Å²) in [6, 6.07) is 4.04. The van der Waals surface area contributed by atoms with Crippen molar-refractivity contribution in [2.75, 3.05) is 33.3 Å². The van der Waals surface area contributed by atoms with Crippen molar-refractivity contribution in [3.05, 3.63) is 23.5 Å². The zero-order valence-corrected chi connectivity index (χ0v) is 13.7. The van der Waals surface area contributed by atoms with Gasteiger partial charge in [0.2, 0.25) is 0 Å². The second kappa shape index (κ2) is 8.35. The SMILES string of the molecule is CCCNCC1CCCN(Cc2cc(OC)cc(C)n2)C1. The monoisotopic (exact) mass is 291 g/mol. The molecule has 4 heteroatoms. The first-order chi connectivity index (χ1) is 10.2. The van der Waals surface area contributed by atoms with Crippen molar-refractivity contribution in [3.8, 4) is 5.75 Å². The molecular weight excluding hydrogens is 262 g/mol. The lowest BCUT2D eigenvalue weighted by atomic mass is 9.98. The predicted octanol–water partition coefficient (Wildman–Crippen LogP) is 2.61. The number of likely N-dealkylation sites (tertiary alicyclic amines) is 1. The van der Waals surface area contributed by atoms with Gasteiger partial charge < -0.3 is 10.1 Å². The summed E-state index contributed by atoms with van der Waals surface area (Å²) in [4.78, 5) is 7.17. The minimum absolute atomic E-state index is 0.775. The Bertz CT molecular complexity index is 436. The highest BCUT2D eigenvalue weighted by atomic mass is 16.5. The van der Waals surface area contributed by atoms with Gasteiger partial charge in [-0.1, -0.05) is 6.92 Å². The molecule has 1 aromatic heterocycles. The molecule has 1 aliphatic rings. The van der Waals surface area contributed by atoms with Gasteiger partial charge in [-0.2, -0.15) is 0 Å². The van der Waals surface area contributed by atoms with Gasteiger partial charge >= 0.3 is 0 Å². The number of piperidine rings is 1. The Morgan fingerprint density at radius 1 is 1.43 bits per heavy atom. The fourth-order valence-electron chi connectivity index (χ4n) is 3.08. The van der Waals surface area contributed by atoms with Crippen LogP contribution in [-0.2, 0) is 6.54 Å². The van der Waals surface area contributed by atoms with Gasteiger partial charge in [-0.05, 0) is 51.7 Å². The summed E-state index contributed by atoms with van der Waals surface area (Å²) >= 11 is 0.